The van der Waals surface area contributed by atoms with Crippen molar-refractivity contribution < 1.29 is 14.3 Å². The van der Waals surface area contributed by atoms with Gasteiger partial charge in [0.15, 0.2) is 6.29 Å². The van der Waals surface area contributed by atoms with Crippen molar-refractivity contribution in [1.29, 1.82) is 0 Å². The molecule has 1 heterocycles. The van der Waals surface area contributed by atoms with E-state index in [2.05, 4.69) is 4.98 Å². The fourth-order valence-corrected chi connectivity index (χ4v) is 2.05. The topological polar surface area (TPSA) is 59.5 Å². The standard InChI is InChI=1S/C18H18N2O3/c1-23-12-11-20(18(22)17-9-5-6-10-19-17)16(14-21)13-15-7-3-2-4-8-15/h2-10,13-14H,11-12H2,1H3. The van der Waals surface area contributed by atoms with Gasteiger partial charge >= 0.3 is 0 Å². The van der Waals surface area contributed by atoms with Crippen molar-refractivity contribution in [3.8, 4) is 0 Å². The Morgan fingerprint density at radius 1 is 1.17 bits per heavy atom. The van der Waals surface area contributed by atoms with Gasteiger partial charge in [0.25, 0.3) is 5.91 Å². The summed E-state index contributed by atoms with van der Waals surface area (Å²) in [6, 6.07) is 14.4. The van der Waals surface area contributed by atoms with Crippen molar-refractivity contribution in [2.75, 3.05) is 20.3 Å². The third kappa shape index (κ3) is 4.59. The molecule has 0 unspecified atom stereocenters. The third-order valence-corrected chi connectivity index (χ3v) is 3.19. The number of carbonyl (C=O) groups is 2. The summed E-state index contributed by atoms with van der Waals surface area (Å²) in [5.74, 6) is -0.336. The molecule has 2 aromatic rings. The normalized spacial score (nSPS) is 11.1. The molecule has 0 aliphatic heterocycles. The molecule has 1 amide bonds. The third-order valence-electron chi connectivity index (χ3n) is 3.19. The van der Waals surface area contributed by atoms with Gasteiger partial charge in [0.1, 0.15) is 5.69 Å². The molecule has 0 atom stereocenters. The zero-order valence-electron chi connectivity index (χ0n) is 12.9. The van der Waals surface area contributed by atoms with Crippen LogP contribution in [0.2, 0.25) is 0 Å². The fraction of sp³-hybridized carbons (Fsp3) is 0.167. The van der Waals surface area contributed by atoms with E-state index in [1.807, 2.05) is 30.3 Å². The smallest absolute Gasteiger partial charge is 0.277 e. The second-order valence-corrected chi connectivity index (χ2v) is 4.76. The predicted octanol–water partition coefficient (Wildman–Crippen LogP) is 2.41. The van der Waals surface area contributed by atoms with Gasteiger partial charge in [-0.1, -0.05) is 36.4 Å². The summed E-state index contributed by atoms with van der Waals surface area (Å²) >= 11 is 0. The van der Waals surface area contributed by atoms with E-state index in [-0.39, 0.29) is 23.8 Å². The fourth-order valence-electron chi connectivity index (χ4n) is 2.05. The molecule has 5 heteroatoms. The van der Waals surface area contributed by atoms with E-state index in [1.165, 1.54) is 4.90 Å². The van der Waals surface area contributed by atoms with Crippen molar-refractivity contribution >= 4 is 18.3 Å². The molecule has 0 bridgehead atoms. The summed E-state index contributed by atoms with van der Waals surface area (Å²) in [5.41, 5.74) is 1.39. The lowest BCUT2D eigenvalue weighted by molar-refractivity contribution is -0.106. The maximum atomic E-state index is 12.6. The number of nitrogens with zero attached hydrogens (tertiary/aromatic N) is 2. The first kappa shape index (κ1) is 16.6. The molecule has 2 rings (SSSR count). The molecule has 0 aliphatic carbocycles. The summed E-state index contributed by atoms with van der Waals surface area (Å²) < 4.78 is 5.05. The zero-order valence-corrected chi connectivity index (χ0v) is 12.9. The number of rotatable bonds is 7. The highest BCUT2D eigenvalue weighted by atomic mass is 16.5. The maximum Gasteiger partial charge on any atom is 0.277 e. The Hall–Kier alpha value is -2.79. The molecule has 0 saturated heterocycles. The first-order chi connectivity index (χ1) is 11.3. The first-order valence-corrected chi connectivity index (χ1v) is 7.20. The van der Waals surface area contributed by atoms with Crippen molar-refractivity contribution in [3.63, 3.8) is 0 Å². The summed E-state index contributed by atoms with van der Waals surface area (Å²) in [6.07, 6.45) is 3.89. The number of amides is 1. The summed E-state index contributed by atoms with van der Waals surface area (Å²) in [5, 5.41) is 0. The van der Waals surface area contributed by atoms with E-state index in [9.17, 15) is 9.59 Å². The van der Waals surface area contributed by atoms with Gasteiger partial charge in [0.05, 0.1) is 12.3 Å². The number of aromatic nitrogens is 1. The van der Waals surface area contributed by atoms with E-state index in [0.717, 1.165) is 5.56 Å². The van der Waals surface area contributed by atoms with Crippen LogP contribution >= 0.6 is 0 Å². The van der Waals surface area contributed by atoms with E-state index in [0.29, 0.717) is 12.9 Å². The van der Waals surface area contributed by atoms with Crippen LogP contribution < -0.4 is 0 Å². The lowest BCUT2D eigenvalue weighted by Gasteiger charge is -2.22. The van der Waals surface area contributed by atoms with Gasteiger partial charge in [-0.15, -0.1) is 0 Å². The maximum absolute atomic E-state index is 12.6. The Balaban J connectivity index is 2.34. The number of hydrogen-bond acceptors (Lipinski definition) is 4. The Kier molecular flexibility index (Phi) is 6.20. The molecule has 1 aromatic carbocycles. The van der Waals surface area contributed by atoms with Crippen LogP contribution in [0.15, 0.2) is 60.4 Å². The van der Waals surface area contributed by atoms with Crippen molar-refractivity contribution in [3.05, 3.63) is 71.7 Å². The van der Waals surface area contributed by atoms with Crippen LogP contribution in [0.25, 0.3) is 6.08 Å². The van der Waals surface area contributed by atoms with Crippen LogP contribution in [0.3, 0.4) is 0 Å². The molecule has 0 aliphatic rings. The Morgan fingerprint density at radius 2 is 1.91 bits per heavy atom. The molecule has 0 radical (unpaired) electrons. The molecular weight excluding hydrogens is 292 g/mol. The second-order valence-electron chi connectivity index (χ2n) is 4.76. The van der Waals surface area contributed by atoms with E-state index in [4.69, 9.17) is 4.74 Å². The average molecular weight is 310 g/mol. The summed E-state index contributed by atoms with van der Waals surface area (Å²) in [7, 11) is 1.55. The lowest BCUT2D eigenvalue weighted by atomic mass is 10.2. The SMILES string of the molecule is COCCN(C(=O)c1ccccn1)C(C=O)=Cc1ccccc1. The van der Waals surface area contributed by atoms with Crippen LogP contribution in [0, 0.1) is 0 Å². The molecule has 1 aromatic heterocycles. The number of allylic oxidation sites excluding steroid dienone is 1. The quantitative estimate of drug-likeness (QED) is 0.582. The molecule has 0 fully saturated rings. The highest BCUT2D eigenvalue weighted by molar-refractivity contribution is 5.98. The number of pyridine rings is 1. The predicted molar refractivity (Wildman–Crippen MR) is 87.6 cm³/mol. The summed E-state index contributed by atoms with van der Waals surface area (Å²) in [4.78, 5) is 29.6. The number of ether oxygens (including phenoxy) is 1. The van der Waals surface area contributed by atoms with Crippen LogP contribution in [-0.2, 0) is 9.53 Å². The minimum Gasteiger partial charge on any atom is -0.383 e. The number of methoxy groups -OCH3 is 1. The Labute approximate surface area is 135 Å². The van der Waals surface area contributed by atoms with E-state index >= 15 is 0 Å². The molecular formula is C18H18N2O3. The van der Waals surface area contributed by atoms with Crippen LogP contribution in [0.5, 0.6) is 0 Å². The highest BCUT2D eigenvalue weighted by Gasteiger charge is 2.20. The van der Waals surface area contributed by atoms with Gasteiger partial charge in [0.2, 0.25) is 0 Å². The van der Waals surface area contributed by atoms with Crippen LogP contribution in [0.4, 0.5) is 0 Å². The summed E-state index contributed by atoms with van der Waals surface area (Å²) in [6.45, 7) is 0.585. The van der Waals surface area contributed by atoms with Gasteiger partial charge in [-0.05, 0) is 23.8 Å². The Bertz CT molecular complexity index is 669. The Morgan fingerprint density at radius 3 is 2.52 bits per heavy atom. The minimum atomic E-state index is -0.336. The van der Waals surface area contributed by atoms with Crippen LogP contribution in [-0.4, -0.2) is 42.3 Å². The molecule has 118 valence electrons. The van der Waals surface area contributed by atoms with Crippen molar-refractivity contribution in [2.45, 2.75) is 0 Å². The first-order valence-electron chi connectivity index (χ1n) is 7.20. The number of aldehydes is 1. The number of carbonyl (C=O) groups excluding carboxylic acids is 2. The van der Waals surface area contributed by atoms with Gasteiger partial charge in [0, 0.05) is 19.9 Å². The van der Waals surface area contributed by atoms with Crippen molar-refractivity contribution in [1.82, 2.24) is 9.88 Å². The highest BCUT2D eigenvalue weighted by Crippen LogP contribution is 2.12. The molecule has 0 saturated carbocycles. The van der Waals surface area contributed by atoms with Gasteiger partial charge in [-0.3, -0.25) is 14.6 Å². The number of hydrogen-bond donors (Lipinski definition) is 0. The largest absolute Gasteiger partial charge is 0.383 e. The second kappa shape index (κ2) is 8.60. The lowest BCUT2D eigenvalue weighted by Crippen LogP contribution is -2.34. The van der Waals surface area contributed by atoms with Crippen molar-refractivity contribution in [2.24, 2.45) is 0 Å². The molecule has 5 nitrogen and oxygen atoms in total. The average Bonchev–Trinajstić information content (AvgIpc) is 2.62. The molecule has 0 spiro atoms. The van der Waals surface area contributed by atoms with Gasteiger partial charge in [-0.2, -0.15) is 0 Å². The van der Waals surface area contributed by atoms with Gasteiger partial charge in [-0.25, -0.2) is 0 Å². The zero-order chi connectivity index (χ0) is 16.5. The minimum absolute atomic E-state index is 0.267. The van der Waals surface area contributed by atoms with Crippen LogP contribution in [0.1, 0.15) is 16.1 Å². The van der Waals surface area contributed by atoms with E-state index < -0.39 is 0 Å². The van der Waals surface area contributed by atoms with E-state index in [1.54, 1.807) is 37.6 Å². The number of benzene rings is 1. The molecule has 23 heavy (non-hydrogen) atoms. The molecule has 0 N–H and O–H groups in total. The monoisotopic (exact) mass is 310 g/mol. The van der Waals surface area contributed by atoms with Gasteiger partial charge < -0.3 is 9.64 Å².